The molecule has 1 aromatic carbocycles. The summed E-state index contributed by atoms with van der Waals surface area (Å²) in [6, 6.07) is 10.4. The van der Waals surface area contributed by atoms with Gasteiger partial charge in [0.25, 0.3) is 0 Å². The molecule has 2 aromatic heterocycles. The third kappa shape index (κ3) is 2.13. The smallest absolute Gasteiger partial charge is 0.130 e. The Bertz CT molecular complexity index is 706. The highest BCUT2D eigenvalue weighted by molar-refractivity contribution is 9.10. The third-order valence-corrected chi connectivity index (χ3v) is 4.58. The Hall–Kier alpha value is -1.39. The summed E-state index contributed by atoms with van der Waals surface area (Å²) in [5, 5.41) is 6.74. The van der Waals surface area contributed by atoms with Crippen molar-refractivity contribution in [2.45, 2.75) is 6.92 Å². The Balaban J connectivity index is 1.98. The molecule has 0 saturated heterocycles. The number of halogens is 1. The molecule has 90 valence electrons. The van der Waals surface area contributed by atoms with E-state index in [0.717, 1.165) is 16.0 Å². The zero-order valence-corrected chi connectivity index (χ0v) is 12.2. The number of anilines is 2. The maximum Gasteiger partial charge on any atom is 0.130 e. The number of benzene rings is 1. The average molecular weight is 319 g/mol. The molecule has 4 heteroatoms. The SMILES string of the molecule is Cc1cc(Nc2csc3ccccc23)ncc1Br. The van der Waals surface area contributed by atoms with Gasteiger partial charge in [-0.2, -0.15) is 0 Å². The Morgan fingerprint density at radius 2 is 2.11 bits per heavy atom. The lowest BCUT2D eigenvalue weighted by atomic mass is 10.2. The van der Waals surface area contributed by atoms with E-state index >= 15 is 0 Å². The largest absolute Gasteiger partial charge is 0.339 e. The van der Waals surface area contributed by atoms with E-state index in [2.05, 4.69) is 62.8 Å². The maximum atomic E-state index is 4.37. The molecule has 0 atom stereocenters. The molecule has 0 aliphatic carbocycles. The topological polar surface area (TPSA) is 24.9 Å². The van der Waals surface area contributed by atoms with Crippen LogP contribution in [0.5, 0.6) is 0 Å². The molecule has 18 heavy (non-hydrogen) atoms. The molecule has 0 spiro atoms. The highest BCUT2D eigenvalue weighted by atomic mass is 79.9. The van der Waals surface area contributed by atoms with Gasteiger partial charge in [-0.1, -0.05) is 18.2 Å². The van der Waals surface area contributed by atoms with Gasteiger partial charge in [0.05, 0.1) is 5.69 Å². The number of nitrogens with zero attached hydrogens (tertiary/aromatic N) is 1. The summed E-state index contributed by atoms with van der Waals surface area (Å²) in [7, 11) is 0. The number of aromatic nitrogens is 1. The summed E-state index contributed by atoms with van der Waals surface area (Å²) in [4.78, 5) is 4.37. The molecule has 3 aromatic rings. The maximum absolute atomic E-state index is 4.37. The van der Waals surface area contributed by atoms with Crippen molar-refractivity contribution in [2.75, 3.05) is 5.32 Å². The molecule has 0 fully saturated rings. The lowest BCUT2D eigenvalue weighted by molar-refractivity contribution is 1.25. The van der Waals surface area contributed by atoms with Crippen LogP contribution in [0.25, 0.3) is 10.1 Å². The van der Waals surface area contributed by atoms with Gasteiger partial charge >= 0.3 is 0 Å². The van der Waals surface area contributed by atoms with Crippen molar-refractivity contribution in [3.8, 4) is 0 Å². The first-order chi connectivity index (χ1) is 8.74. The second-order valence-corrected chi connectivity index (χ2v) is 5.85. The summed E-state index contributed by atoms with van der Waals surface area (Å²) in [5.74, 6) is 0.874. The van der Waals surface area contributed by atoms with Gasteiger partial charge in [0.2, 0.25) is 0 Å². The van der Waals surface area contributed by atoms with E-state index in [1.165, 1.54) is 15.6 Å². The van der Waals surface area contributed by atoms with E-state index < -0.39 is 0 Å². The van der Waals surface area contributed by atoms with Crippen molar-refractivity contribution < 1.29 is 0 Å². The molecule has 3 rings (SSSR count). The molecular formula is C14H11BrN2S. The van der Waals surface area contributed by atoms with Gasteiger partial charge in [0.15, 0.2) is 0 Å². The van der Waals surface area contributed by atoms with E-state index in [0.29, 0.717) is 0 Å². The van der Waals surface area contributed by atoms with Crippen molar-refractivity contribution in [3.63, 3.8) is 0 Å². The van der Waals surface area contributed by atoms with Crippen LogP contribution in [0, 0.1) is 6.92 Å². The van der Waals surface area contributed by atoms with Gasteiger partial charge in [-0.25, -0.2) is 4.98 Å². The Morgan fingerprint density at radius 3 is 2.94 bits per heavy atom. The number of hydrogen-bond donors (Lipinski definition) is 1. The quantitative estimate of drug-likeness (QED) is 0.710. The summed E-state index contributed by atoms with van der Waals surface area (Å²) in [6.45, 7) is 2.06. The Labute approximate surface area is 118 Å². The second-order valence-electron chi connectivity index (χ2n) is 4.09. The van der Waals surface area contributed by atoms with Gasteiger partial charge < -0.3 is 5.32 Å². The average Bonchev–Trinajstić information content (AvgIpc) is 2.78. The number of aryl methyl sites for hydroxylation is 1. The number of pyridine rings is 1. The summed E-state index contributed by atoms with van der Waals surface area (Å²) in [5.41, 5.74) is 2.29. The molecule has 0 aliphatic heterocycles. The molecule has 0 radical (unpaired) electrons. The minimum absolute atomic E-state index is 0.874. The van der Waals surface area contributed by atoms with Crippen molar-refractivity contribution in [1.82, 2.24) is 4.98 Å². The fraction of sp³-hybridized carbons (Fsp3) is 0.0714. The molecular weight excluding hydrogens is 308 g/mol. The standard InChI is InChI=1S/C14H11BrN2S/c1-9-6-14(16-7-11(9)15)17-12-8-18-13-5-3-2-4-10(12)13/h2-8H,1H3,(H,16,17). The lowest BCUT2D eigenvalue weighted by Gasteiger charge is -2.06. The summed E-state index contributed by atoms with van der Waals surface area (Å²) >= 11 is 5.20. The summed E-state index contributed by atoms with van der Waals surface area (Å²) < 4.78 is 2.32. The third-order valence-electron chi connectivity index (χ3n) is 2.79. The monoisotopic (exact) mass is 318 g/mol. The number of nitrogens with one attached hydrogen (secondary N) is 1. The Kier molecular flexibility index (Phi) is 3.06. The van der Waals surface area contributed by atoms with E-state index in [4.69, 9.17) is 0 Å². The fourth-order valence-corrected chi connectivity index (χ4v) is 2.93. The van der Waals surface area contributed by atoms with Crippen LogP contribution >= 0.6 is 27.3 Å². The van der Waals surface area contributed by atoms with Crippen molar-refractivity contribution >= 4 is 48.9 Å². The number of thiophene rings is 1. The van der Waals surface area contributed by atoms with Crippen molar-refractivity contribution in [3.05, 3.63) is 51.9 Å². The first-order valence-electron chi connectivity index (χ1n) is 5.59. The van der Waals surface area contributed by atoms with E-state index in [1.807, 2.05) is 12.3 Å². The molecule has 0 amide bonds. The van der Waals surface area contributed by atoms with Crippen LogP contribution in [-0.2, 0) is 0 Å². The minimum Gasteiger partial charge on any atom is -0.339 e. The van der Waals surface area contributed by atoms with Crippen LogP contribution in [0.4, 0.5) is 11.5 Å². The first kappa shape index (κ1) is 11.7. The van der Waals surface area contributed by atoms with Crippen LogP contribution in [0.1, 0.15) is 5.56 Å². The van der Waals surface area contributed by atoms with Crippen LogP contribution in [-0.4, -0.2) is 4.98 Å². The molecule has 0 bridgehead atoms. The van der Waals surface area contributed by atoms with Gasteiger partial charge in [0.1, 0.15) is 5.82 Å². The van der Waals surface area contributed by atoms with Crippen LogP contribution in [0.2, 0.25) is 0 Å². The highest BCUT2D eigenvalue weighted by Crippen LogP contribution is 2.32. The predicted molar refractivity (Wildman–Crippen MR) is 81.8 cm³/mol. The number of rotatable bonds is 2. The zero-order valence-electron chi connectivity index (χ0n) is 9.77. The van der Waals surface area contributed by atoms with Crippen molar-refractivity contribution in [1.29, 1.82) is 0 Å². The Morgan fingerprint density at radius 1 is 1.28 bits per heavy atom. The van der Waals surface area contributed by atoms with Gasteiger partial charge in [-0.05, 0) is 40.5 Å². The minimum atomic E-state index is 0.874. The van der Waals surface area contributed by atoms with Crippen molar-refractivity contribution in [2.24, 2.45) is 0 Å². The van der Waals surface area contributed by atoms with Gasteiger partial charge in [0, 0.05) is 26.1 Å². The highest BCUT2D eigenvalue weighted by Gasteiger charge is 2.05. The molecule has 2 heterocycles. The molecule has 2 nitrogen and oxygen atoms in total. The second kappa shape index (κ2) is 4.71. The van der Waals surface area contributed by atoms with Gasteiger partial charge in [-0.3, -0.25) is 0 Å². The van der Waals surface area contributed by atoms with E-state index in [9.17, 15) is 0 Å². The first-order valence-corrected chi connectivity index (χ1v) is 7.27. The number of hydrogen-bond acceptors (Lipinski definition) is 3. The number of fused-ring (bicyclic) bond motifs is 1. The molecule has 1 N–H and O–H groups in total. The van der Waals surface area contributed by atoms with Gasteiger partial charge in [-0.15, -0.1) is 11.3 Å². The molecule has 0 unspecified atom stereocenters. The summed E-state index contributed by atoms with van der Waals surface area (Å²) in [6.07, 6.45) is 1.83. The van der Waals surface area contributed by atoms with E-state index in [1.54, 1.807) is 11.3 Å². The molecule has 0 aliphatic rings. The molecule has 0 saturated carbocycles. The van der Waals surface area contributed by atoms with Crippen LogP contribution < -0.4 is 5.32 Å². The lowest BCUT2D eigenvalue weighted by Crippen LogP contribution is -1.93. The zero-order chi connectivity index (χ0) is 12.5. The fourth-order valence-electron chi connectivity index (χ4n) is 1.82. The van der Waals surface area contributed by atoms with E-state index in [-0.39, 0.29) is 0 Å². The normalized spacial score (nSPS) is 10.8. The predicted octanol–water partition coefficient (Wildman–Crippen LogP) is 5.11. The van der Waals surface area contributed by atoms with Crippen LogP contribution in [0.3, 0.4) is 0 Å². The van der Waals surface area contributed by atoms with Crippen LogP contribution in [0.15, 0.2) is 46.4 Å².